The molecule has 0 aliphatic rings. The molecule has 0 radical (unpaired) electrons. The number of nitrogens with two attached hydrogens (primary N) is 1. The van der Waals surface area contributed by atoms with Crippen LogP contribution in [0, 0.1) is 0 Å². The average molecular weight is 229 g/mol. The Bertz CT molecular complexity index is 471. The maximum atomic E-state index is 5.65. The number of rotatable bonds is 4. The summed E-state index contributed by atoms with van der Waals surface area (Å²) in [5.74, 6) is 1.32. The monoisotopic (exact) mass is 229 g/mol. The van der Waals surface area contributed by atoms with Gasteiger partial charge in [-0.1, -0.05) is 0 Å². The molecule has 1 atom stereocenters. The van der Waals surface area contributed by atoms with Gasteiger partial charge in [0.15, 0.2) is 0 Å². The van der Waals surface area contributed by atoms with Crippen LogP contribution >= 0.6 is 0 Å². The minimum absolute atomic E-state index is 0.0815. The fraction of sp³-hybridized carbons (Fsp3) is 0.250. The highest BCUT2D eigenvalue weighted by molar-refractivity contribution is 5.32. The number of hydrogen-bond acceptors (Lipinski definition) is 5. The average Bonchev–Trinajstić information content (AvgIpc) is 2.37. The van der Waals surface area contributed by atoms with Gasteiger partial charge < -0.3 is 11.1 Å². The van der Waals surface area contributed by atoms with Crippen LogP contribution < -0.4 is 11.1 Å². The van der Waals surface area contributed by atoms with Crippen LogP contribution in [0.25, 0.3) is 0 Å². The van der Waals surface area contributed by atoms with Gasteiger partial charge in [0.05, 0.1) is 6.04 Å². The quantitative estimate of drug-likeness (QED) is 0.816. The summed E-state index contributed by atoms with van der Waals surface area (Å²) in [6.07, 6.45) is 5.98. The summed E-state index contributed by atoms with van der Waals surface area (Å²) in [5.41, 5.74) is 6.77. The summed E-state index contributed by atoms with van der Waals surface area (Å²) >= 11 is 0. The van der Waals surface area contributed by atoms with Gasteiger partial charge in [0.1, 0.15) is 11.6 Å². The fourth-order valence-electron chi connectivity index (χ4n) is 1.67. The maximum absolute atomic E-state index is 5.65. The normalized spacial score (nSPS) is 12.3. The molecule has 2 aromatic heterocycles. The van der Waals surface area contributed by atoms with Gasteiger partial charge in [-0.25, -0.2) is 15.0 Å². The molecule has 0 saturated heterocycles. The van der Waals surface area contributed by atoms with Gasteiger partial charge in [0.2, 0.25) is 0 Å². The smallest absolute Gasteiger partial charge is 0.145 e. The Morgan fingerprint density at radius 2 is 2.00 bits per heavy atom. The highest BCUT2D eigenvalue weighted by atomic mass is 15.0. The molecule has 88 valence electrons. The summed E-state index contributed by atoms with van der Waals surface area (Å²) < 4.78 is 0. The zero-order valence-corrected chi connectivity index (χ0v) is 9.67. The van der Waals surface area contributed by atoms with Gasteiger partial charge in [0.25, 0.3) is 0 Å². The van der Waals surface area contributed by atoms with E-state index in [2.05, 4.69) is 20.3 Å². The summed E-state index contributed by atoms with van der Waals surface area (Å²) in [6, 6.07) is 5.70. The van der Waals surface area contributed by atoms with E-state index in [1.165, 1.54) is 0 Å². The van der Waals surface area contributed by atoms with Crippen molar-refractivity contribution in [2.24, 2.45) is 0 Å². The number of aromatic nitrogens is 3. The third kappa shape index (κ3) is 2.98. The topological polar surface area (TPSA) is 76.7 Å². The standard InChI is InChI=1S/C12H15N5/c1-14-10(12-16-4-2-5-17-12)7-9-3-6-15-11(13)8-9/h2-6,8,10,14H,7H2,1H3,(H2,13,15). The second-order valence-electron chi connectivity index (χ2n) is 3.74. The van der Waals surface area contributed by atoms with Gasteiger partial charge in [-0.3, -0.25) is 0 Å². The first kappa shape index (κ1) is 11.5. The van der Waals surface area contributed by atoms with Crippen LogP contribution in [0.2, 0.25) is 0 Å². The number of nitrogens with zero attached hydrogens (tertiary/aromatic N) is 3. The van der Waals surface area contributed by atoms with E-state index in [9.17, 15) is 0 Å². The van der Waals surface area contributed by atoms with E-state index >= 15 is 0 Å². The lowest BCUT2D eigenvalue weighted by Crippen LogP contribution is -2.21. The van der Waals surface area contributed by atoms with Gasteiger partial charge in [-0.05, 0) is 37.2 Å². The molecule has 0 bridgehead atoms. The Hall–Kier alpha value is -2.01. The van der Waals surface area contributed by atoms with Crippen LogP contribution in [0.4, 0.5) is 5.82 Å². The Morgan fingerprint density at radius 1 is 1.24 bits per heavy atom. The maximum Gasteiger partial charge on any atom is 0.145 e. The summed E-state index contributed by atoms with van der Waals surface area (Å²) in [5, 5.41) is 3.20. The molecule has 0 fully saturated rings. The van der Waals surface area contributed by atoms with Crippen molar-refractivity contribution in [2.45, 2.75) is 12.5 Å². The predicted molar refractivity (Wildman–Crippen MR) is 66.2 cm³/mol. The third-order valence-corrected chi connectivity index (χ3v) is 2.53. The Morgan fingerprint density at radius 3 is 2.65 bits per heavy atom. The van der Waals surface area contributed by atoms with Gasteiger partial charge in [0, 0.05) is 18.6 Å². The van der Waals surface area contributed by atoms with E-state index in [0.717, 1.165) is 17.8 Å². The molecular formula is C12H15N5. The van der Waals surface area contributed by atoms with Crippen LogP contribution in [0.3, 0.4) is 0 Å². The van der Waals surface area contributed by atoms with Crippen LogP contribution in [0.5, 0.6) is 0 Å². The molecule has 3 N–H and O–H groups in total. The van der Waals surface area contributed by atoms with Crippen molar-refractivity contribution in [1.29, 1.82) is 0 Å². The number of hydrogen-bond donors (Lipinski definition) is 2. The number of nitrogen functional groups attached to an aromatic ring is 1. The summed E-state index contributed by atoms with van der Waals surface area (Å²) in [6.45, 7) is 0. The molecule has 2 rings (SSSR count). The summed E-state index contributed by atoms with van der Waals surface area (Å²) in [7, 11) is 1.89. The molecular weight excluding hydrogens is 214 g/mol. The predicted octanol–water partition coefficient (Wildman–Crippen LogP) is 0.957. The number of nitrogens with one attached hydrogen (secondary N) is 1. The Balaban J connectivity index is 2.16. The van der Waals surface area contributed by atoms with Crippen molar-refractivity contribution >= 4 is 5.82 Å². The van der Waals surface area contributed by atoms with E-state index in [4.69, 9.17) is 5.73 Å². The lowest BCUT2D eigenvalue weighted by atomic mass is 10.1. The van der Waals surface area contributed by atoms with E-state index in [1.807, 2.05) is 19.2 Å². The minimum atomic E-state index is 0.0815. The fourth-order valence-corrected chi connectivity index (χ4v) is 1.67. The van der Waals surface area contributed by atoms with Crippen LogP contribution in [-0.4, -0.2) is 22.0 Å². The lowest BCUT2D eigenvalue weighted by Gasteiger charge is -2.14. The molecule has 0 aromatic carbocycles. The zero-order chi connectivity index (χ0) is 12.1. The molecule has 2 aromatic rings. The largest absolute Gasteiger partial charge is 0.384 e. The SMILES string of the molecule is CNC(Cc1ccnc(N)c1)c1ncccn1. The number of pyridine rings is 1. The molecule has 5 nitrogen and oxygen atoms in total. The summed E-state index contributed by atoms with van der Waals surface area (Å²) in [4.78, 5) is 12.5. The van der Waals surface area contributed by atoms with E-state index in [1.54, 1.807) is 24.7 Å². The second kappa shape index (κ2) is 5.36. The highest BCUT2D eigenvalue weighted by Gasteiger charge is 2.12. The highest BCUT2D eigenvalue weighted by Crippen LogP contribution is 2.14. The number of likely N-dealkylation sites (N-methyl/N-ethyl adjacent to an activating group) is 1. The van der Waals surface area contributed by atoms with Crippen molar-refractivity contribution < 1.29 is 0 Å². The van der Waals surface area contributed by atoms with Crippen molar-refractivity contribution in [1.82, 2.24) is 20.3 Å². The van der Waals surface area contributed by atoms with Crippen LogP contribution in [0.15, 0.2) is 36.8 Å². The third-order valence-electron chi connectivity index (χ3n) is 2.53. The molecule has 2 heterocycles. The lowest BCUT2D eigenvalue weighted by molar-refractivity contribution is 0.557. The van der Waals surface area contributed by atoms with Crippen LogP contribution in [-0.2, 0) is 6.42 Å². The van der Waals surface area contributed by atoms with E-state index in [-0.39, 0.29) is 6.04 Å². The minimum Gasteiger partial charge on any atom is -0.384 e. The molecule has 17 heavy (non-hydrogen) atoms. The first-order valence-electron chi connectivity index (χ1n) is 5.44. The van der Waals surface area contributed by atoms with Crippen molar-refractivity contribution in [2.75, 3.05) is 12.8 Å². The molecule has 0 spiro atoms. The first-order chi connectivity index (χ1) is 8.29. The van der Waals surface area contributed by atoms with Crippen molar-refractivity contribution in [3.05, 3.63) is 48.2 Å². The van der Waals surface area contributed by atoms with E-state index in [0.29, 0.717) is 5.82 Å². The van der Waals surface area contributed by atoms with Crippen molar-refractivity contribution in [3.63, 3.8) is 0 Å². The first-order valence-corrected chi connectivity index (χ1v) is 5.44. The molecule has 0 aliphatic heterocycles. The molecule has 0 amide bonds. The van der Waals surface area contributed by atoms with E-state index < -0.39 is 0 Å². The Kier molecular flexibility index (Phi) is 3.62. The van der Waals surface area contributed by atoms with Gasteiger partial charge in [-0.15, -0.1) is 0 Å². The second-order valence-corrected chi connectivity index (χ2v) is 3.74. The molecule has 0 saturated carbocycles. The molecule has 5 heteroatoms. The van der Waals surface area contributed by atoms with Gasteiger partial charge in [-0.2, -0.15) is 0 Å². The van der Waals surface area contributed by atoms with Gasteiger partial charge >= 0.3 is 0 Å². The van der Waals surface area contributed by atoms with Crippen molar-refractivity contribution in [3.8, 4) is 0 Å². The zero-order valence-electron chi connectivity index (χ0n) is 9.67. The molecule has 1 unspecified atom stereocenters. The Labute approximate surface area is 100 Å². The van der Waals surface area contributed by atoms with Crippen LogP contribution in [0.1, 0.15) is 17.4 Å². The molecule has 0 aliphatic carbocycles. The number of anilines is 1.